The van der Waals surface area contributed by atoms with E-state index in [4.69, 9.17) is 9.47 Å². The molecule has 2 aliphatic heterocycles. The molecule has 10 heteroatoms. The van der Waals surface area contributed by atoms with Gasteiger partial charge in [0, 0.05) is 13.0 Å². The summed E-state index contributed by atoms with van der Waals surface area (Å²) in [5.74, 6) is -1.38. The summed E-state index contributed by atoms with van der Waals surface area (Å²) < 4.78 is 39.0. The summed E-state index contributed by atoms with van der Waals surface area (Å²) in [6, 6.07) is 12.0. The quantitative estimate of drug-likeness (QED) is 0.216. The number of halogens is 2. The largest absolute Gasteiger partial charge is 0.486 e. The Kier molecular flexibility index (Phi) is 8.23. The molecule has 0 unspecified atom stereocenters. The highest BCUT2D eigenvalue weighted by atomic mass is 19.1. The first-order valence-corrected chi connectivity index (χ1v) is 13.1. The van der Waals surface area contributed by atoms with Crippen molar-refractivity contribution in [2.75, 3.05) is 32.8 Å². The van der Waals surface area contributed by atoms with Crippen LogP contribution in [-0.2, 0) is 11.2 Å². The van der Waals surface area contributed by atoms with Gasteiger partial charge in [-0.15, -0.1) is 0 Å². The number of hydrogen-bond donors (Lipinski definition) is 3. The molecule has 2 atom stereocenters. The zero-order chi connectivity index (χ0) is 27.4. The maximum atomic E-state index is 14.7. The smallest absolute Gasteiger partial charge is 0.269 e. The number of oxime groups is 1. The lowest BCUT2D eigenvalue weighted by atomic mass is 9.99. The second kappa shape index (κ2) is 12.0. The highest BCUT2D eigenvalue weighted by Crippen LogP contribution is 2.36. The highest BCUT2D eigenvalue weighted by Gasteiger charge is 2.30. The van der Waals surface area contributed by atoms with Crippen molar-refractivity contribution >= 4 is 22.4 Å². The van der Waals surface area contributed by atoms with Crippen molar-refractivity contribution < 1.29 is 33.4 Å². The van der Waals surface area contributed by atoms with Gasteiger partial charge in [-0.05, 0) is 78.5 Å². The molecule has 0 spiro atoms. The number of aryl methyl sites for hydroxylation is 1. The molecule has 3 aromatic rings. The van der Waals surface area contributed by atoms with E-state index < -0.39 is 23.9 Å². The van der Waals surface area contributed by atoms with Crippen molar-refractivity contribution in [1.82, 2.24) is 10.2 Å². The lowest BCUT2D eigenvalue weighted by Crippen LogP contribution is -2.48. The molecule has 0 aromatic heterocycles. The van der Waals surface area contributed by atoms with Crippen LogP contribution in [0.15, 0.2) is 53.7 Å². The molecule has 0 bridgehead atoms. The fourth-order valence-electron chi connectivity index (χ4n) is 5.15. The van der Waals surface area contributed by atoms with Crippen molar-refractivity contribution in [2.45, 2.75) is 37.8 Å². The number of aliphatic hydroxyl groups is 1. The van der Waals surface area contributed by atoms with Crippen LogP contribution in [0, 0.1) is 11.6 Å². The minimum atomic E-state index is -1.25. The van der Waals surface area contributed by atoms with E-state index in [1.807, 2.05) is 12.1 Å². The summed E-state index contributed by atoms with van der Waals surface area (Å²) in [6.45, 7) is 2.48. The second-order valence-electron chi connectivity index (χ2n) is 9.93. The van der Waals surface area contributed by atoms with Gasteiger partial charge >= 0.3 is 0 Å². The number of nitrogens with one attached hydrogen (secondary N) is 1. The molecule has 8 nitrogen and oxygen atoms in total. The molecule has 0 radical (unpaired) electrons. The predicted octanol–water partition coefficient (Wildman–Crippen LogP) is 3.97. The second-order valence-corrected chi connectivity index (χ2v) is 9.93. The van der Waals surface area contributed by atoms with E-state index in [2.05, 4.69) is 15.4 Å². The SMILES string of the molecule is O=C(N[C@H](CN1CCCC1)[C@@H](O)c1cc(F)c2c(c1)OCCO2)/C(CCc1ccc2cc(F)ccc2c1)=N\O. The monoisotopic (exact) mass is 539 g/mol. The molecule has 1 saturated heterocycles. The maximum absolute atomic E-state index is 14.7. The Balaban J connectivity index is 1.30. The van der Waals surface area contributed by atoms with E-state index >= 15 is 0 Å². The van der Waals surface area contributed by atoms with Crippen LogP contribution >= 0.6 is 0 Å². The minimum absolute atomic E-state index is 0.00542. The van der Waals surface area contributed by atoms with E-state index in [1.54, 1.807) is 12.1 Å². The minimum Gasteiger partial charge on any atom is -0.486 e. The van der Waals surface area contributed by atoms with Crippen LogP contribution in [0.5, 0.6) is 11.5 Å². The van der Waals surface area contributed by atoms with Gasteiger partial charge in [0.05, 0.1) is 6.04 Å². The number of likely N-dealkylation sites (tertiary alicyclic amines) is 1. The summed E-state index contributed by atoms with van der Waals surface area (Å²) in [5, 5.41) is 28.6. The van der Waals surface area contributed by atoms with Crippen molar-refractivity contribution in [1.29, 1.82) is 0 Å². The Bertz CT molecular complexity index is 1380. The summed E-state index contributed by atoms with van der Waals surface area (Å²) in [6.07, 6.45) is 1.32. The molecule has 2 heterocycles. The Hall–Kier alpha value is -3.76. The number of carbonyl (C=O) groups is 1. The van der Waals surface area contributed by atoms with Crippen LogP contribution in [0.2, 0.25) is 0 Å². The van der Waals surface area contributed by atoms with E-state index in [0.29, 0.717) is 13.0 Å². The first-order valence-electron chi connectivity index (χ1n) is 13.1. The third-order valence-corrected chi connectivity index (χ3v) is 7.21. The molecule has 2 aliphatic rings. The normalized spacial score (nSPS) is 17.3. The molecule has 3 aromatic carbocycles. The highest BCUT2D eigenvalue weighted by molar-refractivity contribution is 6.38. The van der Waals surface area contributed by atoms with Crippen LogP contribution in [0.25, 0.3) is 10.8 Å². The summed E-state index contributed by atoms with van der Waals surface area (Å²) in [4.78, 5) is 15.3. The van der Waals surface area contributed by atoms with Crippen LogP contribution in [-0.4, -0.2) is 65.7 Å². The van der Waals surface area contributed by atoms with Crippen molar-refractivity contribution in [3.63, 3.8) is 0 Å². The first-order chi connectivity index (χ1) is 18.9. The molecule has 3 N–H and O–H groups in total. The van der Waals surface area contributed by atoms with E-state index in [1.165, 1.54) is 24.3 Å². The fourth-order valence-corrected chi connectivity index (χ4v) is 5.15. The van der Waals surface area contributed by atoms with Gasteiger partial charge in [-0.1, -0.05) is 29.4 Å². The van der Waals surface area contributed by atoms with Gasteiger partial charge in [-0.25, -0.2) is 8.78 Å². The molecule has 0 aliphatic carbocycles. The van der Waals surface area contributed by atoms with Crippen molar-refractivity contribution in [3.8, 4) is 11.5 Å². The number of carbonyl (C=O) groups excluding carboxylic acids is 1. The number of nitrogens with zero attached hydrogens (tertiary/aromatic N) is 2. The van der Waals surface area contributed by atoms with Gasteiger partial charge < -0.3 is 30.0 Å². The molecule has 5 rings (SSSR count). The zero-order valence-corrected chi connectivity index (χ0v) is 21.4. The number of amides is 1. The first kappa shape index (κ1) is 26.8. The summed E-state index contributed by atoms with van der Waals surface area (Å²) in [7, 11) is 0. The maximum Gasteiger partial charge on any atom is 0.269 e. The standard InChI is InChI=1S/C29H31F2N3O5/c30-22-7-6-19-13-18(3-5-20(19)14-22)4-8-24(33-37)29(36)32-25(17-34-9-1-2-10-34)27(35)21-15-23(31)28-26(16-21)38-11-12-39-28/h3,5-7,13-16,25,27,35,37H,1-2,4,8-12,17H2,(H,32,36)/b33-24-/t25-,27+/m1/s1. The van der Waals surface area contributed by atoms with Gasteiger partial charge in [-0.3, -0.25) is 4.79 Å². The molecule has 1 amide bonds. The Morgan fingerprint density at radius 3 is 2.56 bits per heavy atom. The van der Waals surface area contributed by atoms with Crippen LogP contribution in [0.4, 0.5) is 8.78 Å². The zero-order valence-electron chi connectivity index (χ0n) is 21.4. The average molecular weight is 540 g/mol. The van der Waals surface area contributed by atoms with Gasteiger partial charge in [-0.2, -0.15) is 0 Å². The van der Waals surface area contributed by atoms with E-state index in [-0.39, 0.29) is 48.2 Å². The fraction of sp³-hybridized carbons (Fsp3) is 0.379. The topological polar surface area (TPSA) is 104 Å². The third kappa shape index (κ3) is 6.29. The number of ether oxygens (including phenoxy) is 2. The Morgan fingerprint density at radius 1 is 1.03 bits per heavy atom. The summed E-state index contributed by atoms with van der Waals surface area (Å²) in [5.41, 5.74) is 1.04. The van der Waals surface area contributed by atoms with Gasteiger partial charge in [0.2, 0.25) is 0 Å². The average Bonchev–Trinajstić information content (AvgIpc) is 3.46. The van der Waals surface area contributed by atoms with Crippen LogP contribution in [0.3, 0.4) is 0 Å². The van der Waals surface area contributed by atoms with Gasteiger partial charge in [0.25, 0.3) is 5.91 Å². The lowest BCUT2D eigenvalue weighted by molar-refractivity contribution is -0.116. The molecular weight excluding hydrogens is 508 g/mol. The molecular formula is C29H31F2N3O5. The van der Waals surface area contributed by atoms with E-state index in [9.17, 15) is 23.9 Å². The number of aliphatic hydroxyl groups excluding tert-OH is 1. The van der Waals surface area contributed by atoms with Crippen molar-refractivity contribution in [3.05, 3.63) is 71.3 Å². The van der Waals surface area contributed by atoms with Gasteiger partial charge in [0.15, 0.2) is 17.3 Å². The van der Waals surface area contributed by atoms with Gasteiger partial charge in [0.1, 0.15) is 30.8 Å². The Labute approximate surface area is 224 Å². The Morgan fingerprint density at radius 2 is 1.77 bits per heavy atom. The number of hydrogen-bond acceptors (Lipinski definition) is 7. The molecule has 0 saturated carbocycles. The predicted molar refractivity (Wildman–Crippen MR) is 141 cm³/mol. The number of rotatable bonds is 9. The summed E-state index contributed by atoms with van der Waals surface area (Å²) >= 11 is 0. The van der Waals surface area contributed by atoms with Crippen LogP contribution in [0.1, 0.15) is 36.5 Å². The molecule has 1 fully saturated rings. The number of fused-ring (bicyclic) bond motifs is 2. The van der Waals surface area contributed by atoms with E-state index in [0.717, 1.165) is 42.3 Å². The lowest BCUT2D eigenvalue weighted by Gasteiger charge is -2.29. The number of benzene rings is 3. The molecule has 206 valence electrons. The van der Waals surface area contributed by atoms with Crippen LogP contribution < -0.4 is 14.8 Å². The third-order valence-electron chi connectivity index (χ3n) is 7.21. The molecule has 39 heavy (non-hydrogen) atoms. The van der Waals surface area contributed by atoms with Crippen molar-refractivity contribution in [2.24, 2.45) is 5.16 Å².